The lowest BCUT2D eigenvalue weighted by atomic mass is 10.1. The van der Waals surface area contributed by atoms with Crippen molar-refractivity contribution < 1.29 is 13.9 Å². The first-order valence-electron chi connectivity index (χ1n) is 8.18. The van der Waals surface area contributed by atoms with Crippen LogP contribution in [0.3, 0.4) is 0 Å². The summed E-state index contributed by atoms with van der Waals surface area (Å²) in [6, 6.07) is 19.2. The van der Waals surface area contributed by atoms with Gasteiger partial charge in [-0.1, -0.05) is 42.5 Å². The molecule has 0 amide bonds. The van der Waals surface area contributed by atoms with Gasteiger partial charge in [-0.05, 0) is 24.6 Å². The van der Waals surface area contributed by atoms with E-state index in [0.717, 1.165) is 5.56 Å². The third kappa shape index (κ3) is 3.95. The van der Waals surface area contributed by atoms with Gasteiger partial charge in [0.15, 0.2) is 18.1 Å². The van der Waals surface area contributed by atoms with Gasteiger partial charge < -0.3 is 19.2 Å². The summed E-state index contributed by atoms with van der Waals surface area (Å²) in [5, 5.41) is 12.5. The number of hydrogen-bond donors (Lipinski definition) is 1. The van der Waals surface area contributed by atoms with Crippen molar-refractivity contribution in [3.05, 3.63) is 71.7 Å². The normalized spacial score (nSPS) is 11.4. The van der Waals surface area contributed by atoms with E-state index in [0.29, 0.717) is 23.3 Å². The van der Waals surface area contributed by atoms with Crippen molar-refractivity contribution in [2.45, 2.75) is 19.6 Å². The van der Waals surface area contributed by atoms with E-state index < -0.39 is 0 Å². The largest absolute Gasteiger partial charge is 0.493 e. The molecule has 26 heavy (non-hydrogen) atoms. The van der Waals surface area contributed by atoms with Crippen LogP contribution in [0.1, 0.15) is 30.1 Å². The number of methoxy groups -OCH3 is 1. The molecule has 0 saturated heterocycles. The summed E-state index contributed by atoms with van der Waals surface area (Å²) in [4.78, 5) is 4.19. The quantitative estimate of drug-likeness (QED) is 0.685. The van der Waals surface area contributed by atoms with E-state index in [2.05, 4.69) is 10.3 Å². The highest BCUT2D eigenvalue weighted by Crippen LogP contribution is 2.28. The molecule has 0 spiro atoms. The Morgan fingerprint density at radius 2 is 1.81 bits per heavy atom. The van der Waals surface area contributed by atoms with Gasteiger partial charge in [0.1, 0.15) is 6.07 Å². The van der Waals surface area contributed by atoms with Gasteiger partial charge in [-0.15, -0.1) is 0 Å². The predicted molar refractivity (Wildman–Crippen MR) is 97.0 cm³/mol. The monoisotopic (exact) mass is 349 g/mol. The van der Waals surface area contributed by atoms with Crippen molar-refractivity contribution in [3.8, 4) is 17.6 Å². The second kappa shape index (κ2) is 8.08. The molecule has 0 fully saturated rings. The molecule has 0 aliphatic rings. The van der Waals surface area contributed by atoms with Crippen LogP contribution in [0.5, 0.6) is 11.5 Å². The molecule has 1 N–H and O–H groups in total. The number of nitriles is 1. The van der Waals surface area contributed by atoms with E-state index in [1.807, 2.05) is 55.5 Å². The summed E-state index contributed by atoms with van der Waals surface area (Å²) < 4.78 is 16.6. The van der Waals surface area contributed by atoms with Crippen molar-refractivity contribution in [1.29, 1.82) is 5.26 Å². The van der Waals surface area contributed by atoms with Gasteiger partial charge in [-0.3, -0.25) is 0 Å². The van der Waals surface area contributed by atoms with E-state index >= 15 is 0 Å². The predicted octanol–water partition coefficient (Wildman–Crippen LogP) is 4.31. The van der Waals surface area contributed by atoms with E-state index in [4.69, 9.17) is 13.9 Å². The lowest BCUT2D eigenvalue weighted by Gasteiger charge is -2.13. The molecular formula is C20H19N3O3. The number of anilines is 1. The van der Waals surface area contributed by atoms with Crippen molar-refractivity contribution in [1.82, 2.24) is 4.98 Å². The molecule has 6 heteroatoms. The Bertz CT molecular complexity index is 900. The molecule has 3 rings (SSSR count). The van der Waals surface area contributed by atoms with Crippen LogP contribution in [-0.2, 0) is 6.61 Å². The third-order valence-corrected chi connectivity index (χ3v) is 3.84. The van der Waals surface area contributed by atoms with Gasteiger partial charge in [0.05, 0.1) is 13.2 Å². The fourth-order valence-electron chi connectivity index (χ4n) is 2.50. The molecular weight excluding hydrogens is 330 g/mol. The number of nitrogens with one attached hydrogen (secondary N) is 1. The van der Waals surface area contributed by atoms with Crippen molar-refractivity contribution in [2.75, 3.05) is 12.4 Å². The number of benzene rings is 2. The van der Waals surface area contributed by atoms with E-state index in [1.165, 1.54) is 0 Å². The Labute approximate surface area is 152 Å². The standard InChI is InChI=1S/C20H19N3O3/c1-14(15-8-4-3-5-9-15)22-20-16(12-21)23-19(26-20)13-25-18-11-7-6-10-17(18)24-2/h3-11,14,22H,13H2,1-2H3/t14-/m0/s1. The number of nitrogens with zero attached hydrogens (tertiary/aromatic N) is 2. The number of oxazole rings is 1. The average molecular weight is 349 g/mol. The number of hydrogen-bond acceptors (Lipinski definition) is 6. The molecule has 132 valence electrons. The first-order chi connectivity index (χ1) is 12.7. The summed E-state index contributed by atoms with van der Waals surface area (Å²) in [7, 11) is 1.58. The summed E-state index contributed by atoms with van der Waals surface area (Å²) in [6.07, 6.45) is 0. The molecule has 0 bridgehead atoms. The maximum absolute atomic E-state index is 9.31. The molecule has 6 nitrogen and oxygen atoms in total. The number of rotatable bonds is 7. The minimum atomic E-state index is -0.0285. The molecule has 0 radical (unpaired) electrons. The number of para-hydroxylation sites is 2. The summed E-state index contributed by atoms with van der Waals surface area (Å²) in [5.41, 5.74) is 1.28. The lowest BCUT2D eigenvalue weighted by Crippen LogP contribution is -2.06. The molecule has 1 atom stereocenters. The van der Waals surface area contributed by atoms with Crippen molar-refractivity contribution >= 4 is 5.88 Å². The second-order valence-electron chi connectivity index (χ2n) is 5.61. The molecule has 1 heterocycles. The molecule has 0 aliphatic carbocycles. The summed E-state index contributed by atoms with van der Waals surface area (Å²) in [5.74, 6) is 1.85. The van der Waals surface area contributed by atoms with E-state index in [-0.39, 0.29) is 18.3 Å². The molecule has 1 aromatic heterocycles. The highest BCUT2D eigenvalue weighted by Gasteiger charge is 2.16. The van der Waals surface area contributed by atoms with Crippen molar-refractivity contribution in [2.24, 2.45) is 0 Å². The van der Waals surface area contributed by atoms with Crippen LogP contribution in [0.25, 0.3) is 0 Å². The first-order valence-corrected chi connectivity index (χ1v) is 8.18. The Kier molecular flexibility index (Phi) is 5.40. The molecule has 0 aliphatic heterocycles. The van der Waals surface area contributed by atoms with Crippen molar-refractivity contribution in [3.63, 3.8) is 0 Å². The van der Waals surface area contributed by atoms with Crippen LogP contribution < -0.4 is 14.8 Å². The first kappa shape index (κ1) is 17.4. The zero-order valence-corrected chi connectivity index (χ0v) is 14.6. The van der Waals surface area contributed by atoms with Crippen LogP contribution in [0.15, 0.2) is 59.0 Å². The Morgan fingerprint density at radius 1 is 1.12 bits per heavy atom. The maximum atomic E-state index is 9.31. The van der Waals surface area contributed by atoms with E-state index in [9.17, 15) is 5.26 Å². The fourth-order valence-corrected chi connectivity index (χ4v) is 2.50. The van der Waals surface area contributed by atoms with Gasteiger partial charge in [0.2, 0.25) is 17.5 Å². The van der Waals surface area contributed by atoms with Gasteiger partial charge in [-0.2, -0.15) is 10.2 Å². The molecule has 2 aromatic carbocycles. The Morgan fingerprint density at radius 3 is 2.50 bits per heavy atom. The van der Waals surface area contributed by atoms with Gasteiger partial charge >= 0.3 is 0 Å². The molecule has 0 saturated carbocycles. The fraction of sp³-hybridized carbons (Fsp3) is 0.200. The Balaban J connectivity index is 1.71. The molecule has 0 unspecified atom stereocenters. The van der Waals surface area contributed by atoms with E-state index in [1.54, 1.807) is 19.2 Å². The smallest absolute Gasteiger partial charge is 0.236 e. The van der Waals surface area contributed by atoms with Crippen LogP contribution in [0.2, 0.25) is 0 Å². The zero-order chi connectivity index (χ0) is 18.4. The van der Waals surface area contributed by atoms with Gasteiger partial charge in [-0.25, -0.2) is 0 Å². The summed E-state index contributed by atoms with van der Waals surface area (Å²) in [6.45, 7) is 2.08. The Hall–Kier alpha value is -3.46. The number of aromatic nitrogens is 1. The summed E-state index contributed by atoms with van der Waals surface area (Å²) >= 11 is 0. The van der Waals surface area contributed by atoms with Gasteiger partial charge in [0.25, 0.3) is 0 Å². The van der Waals surface area contributed by atoms with Crippen LogP contribution >= 0.6 is 0 Å². The third-order valence-electron chi connectivity index (χ3n) is 3.84. The van der Waals surface area contributed by atoms with Crippen LogP contribution in [-0.4, -0.2) is 12.1 Å². The van der Waals surface area contributed by atoms with Crippen LogP contribution in [0.4, 0.5) is 5.88 Å². The zero-order valence-electron chi connectivity index (χ0n) is 14.6. The van der Waals surface area contributed by atoms with Crippen LogP contribution in [0, 0.1) is 11.3 Å². The lowest BCUT2D eigenvalue weighted by molar-refractivity contribution is 0.251. The SMILES string of the molecule is COc1ccccc1OCc1nc(C#N)c(N[C@@H](C)c2ccccc2)o1. The number of ether oxygens (including phenoxy) is 2. The minimum absolute atomic E-state index is 0.0285. The minimum Gasteiger partial charge on any atom is -0.493 e. The van der Waals surface area contributed by atoms with Gasteiger partial charge in [0, 0.05) is 0 Å². The topological polar surface area (TPSA) is 80.3 Å². The average Bonchev–Trinajstić information content (AvgIpc) is 3.09. The highest BCUT2D eigenvalue weighted by atomic mass is 16.5. The highest BCUT2D eigenvalue weighted by molar-refractivity contribution is 5.47. The second-order valence-corrected chi connectivity index (χ2v) is 5.61. The molecule has 3 aromatic rings. The maximum Gasteiger partial charge on any atom is 0.236 e.